The highest BCUT2D eigenvalue weighted by Crippen LogP contribution is 2.36. The van der Waals surface area contributed by atoms with Crippen LogP contribution in [0.15, 0.2) is 12.3 Å². The van der Waals surface area contributed by atoms with Gasteiger partial charge in [0.1, 0.15) is 16.3 Å². The molecule has 3 aromatic rings. The third-order valence-electron chi connectivity index (χ3n) is 3.95. The van der Waals surface area contributed by atoms with Gasteiger partial charge in [0.25, 0.3) is 0 Å². The molecule has 0 saturated heterocycles. The van der Waals surface area contributed by atoms with Crippen LogP contribution in [0.2, 0.25) is 0 Å². The smallest absolute Gasteiger partial charge is 0.224 e. The average Bonchev–Trinajstić information content (AvgIpc) is 3.09. The molecule has 8 heteroatoms. The topological polar surface area (TPSA) is 75.6 Å². The molecule has 0 atom stereocenters. The van der Waals surface area contributed by atoms with Crippen LogP contribution < -0.4 is 10.6 Å². The molecule has 3 heterocycles. The van der Waals surface area contributed by atoms with Crippen LogP contribution in [0, 0.1) is 13.8 Å². The zero-order valence-electron chi connectivity index (χ0n) is 19.4. The van der Waals surface area contributed by atoms with Gasteiger partial charge in [-0.2, -0.15) is 16.7 Å². The summed E-state index contributed by atoms with van der Waals surface area (Å²) in [5.41, 5.74) is 3.74. The molecule has 164 valence electrons. The van der Waals surface area contributed by atoms with Crippen LogP contribution in [0.1, 0.15) is 52.4 Å². The molecule has 0 fully saturated rings. The number of aromatic nitrogens is 4. The summed E-state index contributed by atoms with van der Waals surface area (Å²) >= 11 is 3.57. The maximum absolute atomic E-state index is 4.80. The summed E-state index contributed by atoms with van der Waals surface area (Å²) in [4.78, 5) is 18.5. The van der Waals surface area contributed by atoms with Crippen LogP contribution in [0.25, 0.3) is 20.8 Å². The van der Waals surface area contributed by atoms with Gasteiger partial charge in [-0.25, -0.2) is 9.97 Å². The minimum absolute atomic E-state index is 0.262. The Bertz CT molecular complexity index is 962. The molecule has 3 aromatic heterocycles. The number of fused-ring (bicyclic) bond motifs is 1. The molecular formula is C22H34N6S2. The number of hydrogen-bond acceptors (Lipinski definition) is 8. The second-order valence-corrected chi connectivity index (χ2v) is 10.9. The predicted octanol–water partition coefficient (Wildman–Crippen LogP) is 6.17. The monoisotopic (exact) mass is 446 g/mol. The summed E-state index contributed by atoms with van der Waals surface area (Å²) in [6, 6.07) is 2.00. The summed E-state index contributed by atoms with van der Waals surface area (Å²) in [7, 11) is 1.88. The first kappa shape index (κ1) is 24.3. The van der Waals surface area contributed by atoms with E-state index in [1.165, 1.54) is 6.42 Å². The third-order valence-corrected chi connectivity index (χ3v) is 6.26. The lowest BCUT2D eigenvalue weighted by Crippen LogP contribution is -2.15. The molecule has 3 rings (SSSR count). The highest BCUT2D eigenvalue weighted by molar-refractivity contribution is 8.00. The van der Waals surface area contributed by atoms with Crippen LogP contribution >= 0.6 is 23.1 Å². The molecule has 6 nitrogen and oxygen atoms in total. The molecule has 0 aromatic carbocycles. The third kappa shape index (κ3) is 6.54. The Kier molecular flexibility index (Phi) is 8.85. The van der Waals surface area contributed by atoms with E-state index in [-0.39, 0.29) is 4.75 Å². The van der Waals surface area contributed by atoms with E-state index in [2.05, 4.69) is 60.2 Å². The van der Waals surface area contributed by atoms with Crippen molar-refractivity contribution >= 4 is 45.1 Å². The standard InChI is InChI=1S/C19H26N6S2.C3H8/c1-11-14(17-24-15-12(2)21-8-7-13(15)27-17)16(20-6)25-18(23-11)22-9-10-26-19(3,4)5;1-3-2/h7-8H,9-10H2,1-6H3,(H2,20,22,23,25);3H2,1-2H3. The number of thioether (sulfide) groups is 1. The lowest BCUT2D eigenvalue weighted by molar-refractivity contribution is 0.802. The van der Waals surface area contributed by atoms with Crippen molar-refractivity contribution in [2.24, 2.45) is 0 Å². The van der Waals surface area contributed by atoms with Crippen molar-refractivity contribution < 1.29 is 0 Å². The van der Waals surface area contributed by atoms with Gasteiger partial charge in [-0.3, -0.25) is 4.98 Å². The normalized spacial score (nSPS) is 11.2. The van der Waals surface area contributed by atoms with E-state index in [4.69, 9.17) is 4.98 Å². The van der Waals surface area contributed by atoms with Gasteiger partial charge >= 0.3 is 0 Å². The molecule has 0 aliphatic rings. The Hall–Kier alpha value is -1.93. The fourth-order valence-corrected chi connectivity index (χ4v) is 4.63. The quantitative estimate of drug-likeness (QED) is 0.439. The molecule has 0 aliphatic heterocycles. The zero-order valence-corrected chi connectivity index (χ0v) is 21.0. The van der Waals surface area contributed by atoms with Crippen molar-refractivity contribution in [3.63, 3.8) is 0 Å². The number of thiazole rings is 1. The van der Waals surface area contributed by atoms with Gasteiger partial charge in [0, 0.05) is 30.3 Å². The van der Waals surface area contributed by atoms with Crippen molar-refractivity contribution in [2.75, 3.05) is 30.0 Å². The number of anilines is 2. The summed E-state index contributed by atoms with van der Waals surface area (Å²) in [6.07, 6.45) is 3.07. The number of aryl methyl sites for hydroxylation is 2. The van der Waals surface area contributed by atoms with Gasteiger partial charge in [-0.1, -0.05) is 41.0 Å². The molecule has 0 aliphatic carbocycles. The van der Waals surface area contributed by atoms with Gasteiger partial charge in [0.2, 0.25) is 5.95 Å². The molecular weight excluding hydrogens is 412 g/mol. The minimum atomic E-state index is 0.262. The molecule has 0 amide bonds. The van der Waals surface area contributed by atoms with Crippen LogP contribution in [0.4, 0.5) is 11.8 Å². The summed E-state index contributed by atoms with van der Waals surface area (Å²) < 4.78 is 1.39. The van der Waals surface area contributed by atoms with Crippen molar-refractivity contribution in [3.8, 4) is 10.6 Å². The molecule has 0 bridgehead atoms. The second-order valence-electron chi connectivity index (χ2n) is 7.96. The minimum Gasteiger partial charge on any atom is -0.372 e. The van der Waals surface area contributed by atoms with Crippen LogP contribution in [0.3, 0.4) is 0 Å². The van der Waals surface area contributed by atoms with E-state index in [0.717, 1.165) is 50.3 Å². The Balaban J connectivity index is 0.00000101. The highest BCUT2D eigenvalue weighted by Gasteiger charge is 2.18. The lowest BCUT2D eigenvalue weighted by Gasteiger charge is -2.17. The highest BCUT2D eigenvalue weighted by atomic mass is 32.2. The largest absolute Gasteiger partial charge is 0.372 e. The van der Waals surface area contributed by atoms with Crippen molar-refractivity contribution in [2.45, 2.75) is 59.6 Å². The first-order valence-corrected chi connectivity index (χ1v) is 12.2. The number of nitrogens with zero attached hydrogens (tertiary/aromatic N) is 4. The van der Waals surface area contributed by atoms with Crippen LogP contribution in [-0.4, -0.2) is 44.0 Å². The average molecular weight is 447 g/mol. The fraction of sp³-hybridized carbons (Fsp3) is 0.545. The summed E-state index contributed by atoms with van der Waals surface area (Å²) in [5, 5.41) is 7.46. The Morgan fingerprint density at radius 2 is 1.77 bits per heavy atom. The number of nitrogens with one attached hydrogen (secondary N) is 2. The molecule has 0 unspecified atom stereocenters. The predicted molar refractivity (Wildman–Crippen MR) is 134 cm³/mol. The van der Waals surface area contributed by atoms with E-state index < -0.39 is 0 Å². The first-order chi connectivity index (χ1) is 14.2. The number of hydrogen-bond donors (Lipinski definition) is 2. The lowest BCUT2D eigenvalue weighted by atomic mass is 10.2. The molecule has 0 spiro atoms. The first-order valence-electron chi connectivity index (χ1n) is 10.4. The van der Waals surface area contributed by atoms with Gasteiger partial charge in [0.05, 0.1) is 21.7 Å². The van der Waals surface area contributed by atoms with Crippen LogP contribution in [-0.2, 0) is 0 Å². The maximum atomic E-state index is 4.80. The summed E-state index contributed by atoms with van der Waals surface area (Å²) in [6.45, 7) is 15.7. The Morgan fingerprint density at radius 3 is 2.37 bits per heavy atom. The van der Waals surface area contributed by atoms with Crippen LogP contribution in [0.5, 0.6) is 0 Å². The van der Waals surface area contributed by atoms with Crippen molar-refractivity contribution in [3.05, 3.63) is 23.7 Å². The van der Waals surface area contributed by atoms with Gasteiger partial charge in [-0.05, 0) is 19.9 Å². The van der Waals surface area contributed by atoms with E-state index in [9.17, 15) is 0 Å². The van der Waals surface area contributed by atoms with E-state index >= 15 is 0 Å². The van der Waals surface area contributed by atoms with Gasteiger partial charge < -0.3 is 10.6 Å². The summed E-state index contributed by atoms with van der Waals surface area (Å²) in [5.74, 6) is 2.44. The van der Waals surface area contributed by atoms with Crippen molar-refractivity contribution in [1.82, 2.24) is 19.9 Å². The maximum Gasteiger partial charge on any atom is 0.224 e. The SMILES string of the molecule is CCC.CNc1nc(NCCSC(C)(C)C)nc(C)c1-c1nc2c(C)nccc2s1. The van der Waals surface area contributed by atoms with E-state index in [0.29, 0.717) is 5.95 Å². The second kappa shape index (κ2) is 10.9. The number of pyridine rings is 1. The van der Waals surface area contributed by atoms with Gasteiger partial charge in [-0.15, -0.1) is 11.3 Å². The Morgan fingerprint density at radius 1 is 1.07 bits per heavy atom. The number of rotatable bonds is 6. The van der Waals surface area contributed by atoms with E-state index in [1.54, 1.807) is 11.3 Å². The zero-order chi connectivity index (χ0) is 22.3. The molecule has 0 radical (unpaired) electrons. The molecule has 0 saturated carbocycles. The Labute approximate surface area is 188 Å². The van der Waals surface area contributed by atoms with Crippen molar-refractivity contribution in [1.29, 1.82) is 0 Å². The molecule has 2 N–H and O–H groups in total. The van der Waals surface area contributed by atoms with E-state index in [1.807, 2.05) is 44.9 Å². The van der Waals surface area contributed by atoms with Gasteiger partial charge in [0.15, 0.2) is 0 Å². The fourth-order valence-electron chi connectivity index (χ4n) is 2.70. The molecule has 30 heavy (non-hydrogen) atoms.